The minimum Gasteiger partial charge on any atom is -0.299 e. The summed E-state index contributed by atoms with van der Waals surface area (Å²) in [4.78, 5) is 16.9. The zero-order valence-electron chi connectivity index (χ0n) is 10.8. The maximum Gasteiger partial charge on any atom is 0.265 e. The molecule has 1 aromatic carbocycles. The molecule has 1 aromatic heterocycles. The van der Waals surface area contributed by atoms with Crippen LogP contribution in [0.25, 0.3) is 0 Å². The number of amides is 1. The number of anilines is 1. The Hall–Kier alpha value is -1.75. The van der Waals surface area contributed by atoms with Crippen LogP contribution in [0.1, 0.15) is 36.4 Å². The maximum absolute atomic E-state index is 13.9. The molecule has 2 rings (SSSR count). The minimum atomic E-state index is -1.67. The number of hydrogen-bond donors (Lipinski definition) is 1. The molecule has 0 saturated heterocycles. The molecule has 1 heterocycles. The van der Waals surface area contributed by atoms with Gasteiger partial charge in [0.2, 0.25) is 6.17 Å². The number of carbonyl (C=O) groups excluding carboxylic acids is 1. The zero-order valence-corrected chi connectivity index (χ0v) is 11.6. The monoisotopic (exact) mass is 278 g/mol. The Bertz CT molecular complexity index is 554. The van der Waals surface area contributed by atoms with Crippen molar-refractivity contribution in [3.8, 4) is 0 Å². The van der Waals surface area contributed by atoms with Gasteiger partial charge in [0.1, 0.15) is 0 Å². The third-order valence-electron chi connectivity index (χ3n) is 2.65. The predicted molar refractivity (Wildman–Crippen MR) is 75.1 cm³/mol. The number of hydrogen-bond acceptors (Lipinski definition) is 3. The average Bonchev–Trinajstić information content (AvgIpc) is 2.87. The second-order valence-corrected chi connectivity index (χ2v) is 5.55. The summed E-state index contributed by atoms with van der Waals surface area (Å²) in [6.45, 7) is 4.09. The van der Waals surface area contributed by atoms with Crippen LogP contribution in [0.4, 0.5) is 9.52 Å². The van der Waals surface area contributed by atoms with Crippen LogP contribution in [0.15, 0.2) is 36.5 Å². The molecule has 1 amide bonds. The van der Waals surface area contributed by atoms with Crippen LogP contribution < -0.4 is 5.32 Å². The van der Waals surface area contributed by atoms with Crippen molar-refractivity contribution in [3.05, 3.63) is 47.0 Å². The molecule has 2 aromatic rings. The van der Waals surface area contributed by atoms with Gasteiger partial charge in [-0.1, -0.05) is 44.2 Å². The first-order chi connectivity index (χ1) is 9.08. The molecular formula is C14H15FN2OS. The molecule has 1 unspecified atom stereocenters. The summed E-state index contributed by atoms with van der Waals surface area (Å²) in [7, 11) is 0. The molecule has 1 atom stereocenters. The van der Waals surface area contributed by atoms with E-state index in [-0.39, 0.29) is 0 Å². The van der Waals surface area contributed by atoms with Crippen molar-refractivity contribution in [2.75, 3.05) is 5.32 Å². The van der Waals surface area contributed by atoms with E-state index in [9.17, 15) is 9.18 Å². The Morgan fingerprint density at radius 3 is 2.58 bits per heavy atom. The molecule has 0 aliphatic carbocycles. The molecule has 0 fully saturated rings. The number of aromatic nitrogens is 1. The van der Waals surface area contributed by atoms with Crippen molar-refractivity contribution >= 4 is 22.4 Å². The number of alkyl halides is 1. The van der Waals surface area contributed by atoms with Crippen molar-refractivity contribution in [1.82, 2.24) is 4.98 Å². The van der Waals surface area contributed by atoms with Crippen molar-refractivity contribution in [2.45, 2.75) is 25.9 Å². The van der Waals surface area contributed by atoms with Gasteiger partial charge in [0, 0.05) is 11.1 Å². The highest BCUT2D eigenvalue weighted by Gasteiger charge is 2.20. The number of nitrogens with one attached hydrogen (secondary N) is 1. The van der Waals surface area contributed by atoms with Gasteiger partial charge in [-0.3, -0.25) is 10.1 Å². The lowest BCUT2D eigenvalue weighted by molar-refractivity contribution is -0.121. The highest BCUT2D eigenvalue weighted by atomic mass is 32.1. The van der Waals surface area contributed by atoms with Crippen LogP contribution in [0.3, 0.4) is 0 Å². The molecule has 19 heavy (non-hydrogen) atoms. The van der Waals surface area contributed by atoms with Crippen LogP contribution in [0.5, 0.6) is 0 Å². The summed E-state index contributed by atoms with van der Waals surface area (Å²) in [6, 6.07) is 8.37. The Labute approximate surface area is 115 Å². The molecule has 100 valence electrons. The number of rotatable bonds is 4. The Kier molecular flexibility index (Phi) is 4.27. The molecule has 0 saturated carbocycles. The Morgan fingerprint density at radius 1 is 1.32 bits per heavy atom. The molecule has 0 aliphatic rings. The third kappa shape index (κ3) is 3.38. The van der Waals surface area contributed by atoms with Gasteiger partial charge >= 0.3 is 0 Å². The van der Waals surface area contributed by atoms with E-state index >= 15 is 0 Å². The number of nitrogens with zero attached hydrogens (tertiary/aromatic N) is 1. The zero-order chi connectivity index (χ0) is 13.8. The molecule has 3 nitrogen and oxygen atoms in total. The topological polar surface area (TPSA) is 42.0 Å². The van der Waals surface area contributed by atoms with E-state index in [4.69, 9.17) is 0 Å². The van der Waals surface area contributed by atoms with Crippen LogP contribution in [-0.2, 0) is 4.79 Å². The predicted octanol–water partition coefficient (Wildman–Crippen LogP) is 3.92. The van der Waals surface area contributed by atoms with Gasteiger partial charge in [-0.2, -0.15) is 0 Å². The molecule has 0 spiro atoms. The van der Waals surface area contributed by atoms with Gasteiger partial charge in [0.15, 0.2) is 5.13 Å². The number of halogens is 1. The fourth-order valence-corrected chi connectivity index (χ4v) is 2.37. The first-order valence-electron chi connectivity index (χ1n) is 6.03. The van der Waals surface area contributed by atoms with E-state index in [2.05, 4.69) is 10.3 Å². The Balaban J connectivity index is 2.04. The Morgan fingerprint density at radius 2 is 2.00 bits per heavy atom. The van der Waals surface area contributed by atoms with Crippen LogP contribution in [-0.4, -0.2) is 10.9 Å². The van der Waals surface area contributed by atoms with Crippen LogP contribution in [0.2, 0.25) is 0 Å². The highest BCUT2D eigenvalue weighted by Crippen LogP contribution is 2.26. The van der Waals surface area contributed by atoms with E-state index in [1.165, 1.54) is 11.3 Å². The summed E-state index contributed by atoms with van der Waals surface area (Å²) >= 11 is 1.37. The quantitative estimate of drug-likeness (QED) is 0.921. The van der Waals surface area contributed by atoms with E-state index in [1.807, 2.05) is 13.8 Å². The van der Waals surface area contributed by atoms with Gasteiger partial charge in [0.25, 0.3) is 5.91 Å². The number of thiazole rings is 1. The molecule has 0 aliphatic heterocycles. The van der Waals surface area contributed by atoms with Crippen molar-refractivity contribution in [2.24, 2.45) is 0 Å². The standard InChI is InChI=1S/C14H15FN2OS/c1-9(2)11-8-16-14(19-11)17-13(18)12(15)10-6-4-3-5-7-10/h3-9,12H,1-2H3,(H,16,17,18). The highest BCUT2D eigenvalue weighted by molar-refractivity contribution is 7.15. The molecule has 5 heteroatoms. The molecule has 0 bridgehead atoms. The second-order valence-electron chi connectivity index (χ2n) is 4.48. The van der Waals surface area contributed by atoms with Gasteiger partial charge in [-0.05, 0) is 11.5 Å². The van der Waals surface area contributed by atoms with Crippen molar-refractivity contribution in [3.63, 3.8) is 0 Å². The summed E-state index contributed by atoms with van der Waals surface area (Å²) < 4.78 is 13.9. The minimum absolute atomic E-state index is 0.346. The maximum atomic E-state index is 13.9. The van der Waals surface area contributed by atoms with Gasteiger partial charge < -0.3 is 0 Å². The number of benzene rings is 1. The van der Waals surface area contributed by atoms with E-state index in [0.717, 1.165) is 4.88 Å². The lowest BCUT2D eigenvalue weighted by Gasteiger charge is -2.07. The van der Waals surface area contributed by atoms with E-state index < -0.39 is 12.1 Å². The normalized spacial score (nSPS) is 12.4. The lowest BCUT2D eigenvalue weighted by Crippen LogP contribution is -2.17. The summed E-state index contributed by atoms with van der Waals surface area (Å²) in [5.41, 5.74) is 0.348. The van der Waals surface area contributed by atoms with Crippen LogP contribution >= 0.6 is 11.3 Å². The van der Waals surface area contributed by atoms with Crippen LogP contribution in [0, 0.1) is 0 Å². The fourth-order valence-electron chi connectivity index (χ4n) is 1.55. The van der Waals surface area contributed by atoms with Crippen molar-refractivity contribution in [1.29, 1.82) is 0 Å². The molecule has 0 radical (unpaired) electrons. The summed E-state index contributed by atoms with van der Waals surface area (Å²) in [6.07, 6.45) is 0.0355. The number of carbonyl (C=O) groups is 1. The van der Waals surface area contributed by atoms with Gasteiger partial charge in [-0.25, -0.2) is 9.37 Å². The SMILES string of the molecule is CC(C)c1cnc(NC(=O)C(F)c2ccccc2)s1. The second kappa shape index (κ2) is 5.93. The average molecular weight is 278 g/mol. The van der Waals surface area contributed by atoms with Crippen molar-refractivity contribution < 1.29 is 9.18 Å². The molecular weight excluding hydrogens is 263 g/mol. The van der Waals surface area contributed by atoms with E-state index in [0.29, 0.717) is 16.6 Å². The molecule has 1 N–H and O–H groups in total. The first-order valence-corrected chi connectivity index (χ1v) is 6.85. The first kappa shape index (κ1) is 13.7. The largest absolute Gasteiger partial charge is 0.299 e. The summed E-state index contributed by atoms with van der Waals surface area (Å²) in [5.74, 6) is -0.339. The third-order valence-corrected chi connectivity index (χ3v) is 3.86. The van der Waals surface area contributed by atoms with Gasteiger partial charge in [0.05, 0.1) is 0 Å². The van der Waals surface area contributed by atoms with Gasteiger partial charge in [-0.15, -0.1) is 11.3 Å². The van der Waals surface area contributed by atoms with E-state index in [1.54, 1.807) is 36.5 Å². The smallest absolute Gasteiger partial charge is 0.265 e. The lowest BCUT2D eigenvalue weighted by atomic mass is 10.1. The summed E-state index contributed by atoms with van der Waals surface area (Å²) in [5, 5.41) is 2.95. The fraction of sp³-hybridized carbons (Fsp3) is 0.286.